The molecule has 1 aliphatic carbocycles. The molecule has 1 heterocycles. The number of methoxy groups -OCH3 is 1. The fourth-order valence-corrected chi connectivity index (χ4v) is 5.89. The highest BCUT2D eigenvalue weighted by molar-refractivity contribution is 7.99. The lowest BCUT2D eigenvalue weighted by Crippen LogP contribution is -2.69. The van der Waals surface area contributed by atoms with E-state index in [2.05, 4.69) is 36.4 Å². The summed E-state index contributed by atoms with van der Waals surface area (Å²) < 4.78 is 32.1. The molecule has 7 nitrogen and oxygen atoms in total. The zero-order valence-electron chi connectivity index (χ0n) is 16.7. The summed E-state index contributed by atoms with van der Waals surface area (Å²) in [6, 6.07) is 0.237. The number of guanidine groups is 1. The Kier molecular flexibility index (Phi) is 7.26. The van der Waals surface area contributed by atoms with E-state index in [0.29, 0.717) is 19.0 Å². The summed E-state index contributed by atoms with van der Waals surface area (Å²) >= 11 is 1.80. The van der Waals surface area contributed by atoms with Crippen LogP contribution in [-0.4, -0.2) is 80.9 Å². The Labute approximate surface area is 162 Å². The maximum absolute atomic E-state index is 12.4. The molecule has 0 radical (unpaired) electrons. The van der Waals surface area contributed by atoms with Crippen LogP contribution in [0.2, 0.25) is 0 Å². The third-order valence-corrected chi connectivity index (χ3v) is 8.71. The van der Waals surface area contributed by atoms with E-state index in [9.17, 15) is 8.42 Å². The molecule has 26 heavy (non-hydrogen) atoms. The summed E-state index contributed by atoms with van der Waals surface area (Å²) in [5, 5.41) is 6.66. The summed E-state index contributed by atoms with van der Waals surface area (Å²) in [5.41, 5.74) is -0.187. The molecule has 2 unspecified atom stereocenters. The molecule has 152 valence electrons. The molecule has 1 saturated heterocycles. The molecule has 0 amide bonds. The van der Waals surface area contributed by atoms with Gasteiger partial charge in [-0.15, -0.1) is 0 Å². The predicted molar refractivity (Wildman–Crippen MR) is 109 cm³/mol. The molecule has 0 aromatic heterocycles. The van der Waals surface area contributed by atoms with Crippen molar-refractivity contribution in [2.75, 3.05) is 50.5 Å². The van der Waals surface area contributed by atoms with E-state index in [-0.39, 0.29) is 29.4 Å². The average molecular weight is 407 g/mol. The van der Waals surface area contributed by atoms with Gasteiger partial charge < -0.3 is 15.4 Å². The van der Waals surface area contributed by atoms with Gasteiger partial charge in [0, 0.05) is 49.7 Å². The smallest absolute Gasteiger partial charge is 0.215 e. The zero-order valence-corrected chi connectivity index (χ0v) is 18.3. The van der Waals surface area contributed by atoms with Crippen molar-refractivity contribution in [3.63, 3.8) is 0 Å². The number of nitrogens with zero attached hydrogens (tertiary/aromatic N) is 2. The van der Waals surface area contributed by atoms with E-state index in [1.165, 1.54) is 0 Å². The van der Waals surface area contributed by atoms with Crippen molar-refractivity contribution >= 4 is 27.7 Å². The van der Waals surface area contributed by atoms with Gasteiger partial charge in [-0.3, -0.25) is 4.99 Å². The van der Waals surface area contributed by atoms with Gasteiger partial charge in [0.25, 0.3) is 0 Å². The van der Waals surface area contributed by atoms with Crippen molar-refractivity contribution < 1.29 is 13.2 Å². The van der Waals surface area contributed by atoms with E-state index in [1.807, 2.05) is 6.92 Å². The summed E-state index contributed by atoms with van der Waals surface area (Å²) in [4.78, 5) is 4.50. The molecule has 9 heteroatoms. The van der Waals surface area contributed by atoms with Gasteiger partial charge >= 0.3 is 0 Å². The van der Waals surface area contributed by atoms with Crippen molar-refractivity contribution in [2.24, 2.45) is 10.4 Å². The van der Waals surface area contributed by atoms with Gasteiger partial charge in [0.1, 0.15) is 0 Å². The Morgan fingerprint density at radius 1 is 1.31 bits per heavy atom. The Bertz CT molecular complexity index is 603. The number of sulfonamides is 1. The van der Waals surface area contributed by atoms with E-state index >= 15 is 0 Å². The number of nitrogens with one attached hydrogen (secondary N) is 2. The van der Waals surface area contributed by atoms with Crippen molar-refractivity contribution in [1.29, 1.82) is 0 Å². The molecule has 0 aromatic rings. The highest BCUT2D eigenvalue weighted by Gasteiger charge is 2.58. The minimum atomic E-state index is -3.22. The van der Waals surface area contributed by atoms with Crippen LogP contribution in [0.5, 0.6) is 0 Å². The van der Waals surface area contributed by atoms with E-state index in [1.54, 1.807) is 23.2 Å². The van der Waals surface area contributed by atoms with Crippen molar-refractivity contribution in [3.8, 4) is 0 Å². The third-order valence-electron chi connectivity index (χ3n) is 5.92. The third kappa shape index (κ3) is 4.66. The van der Waals surface area contributed by atoms with Crippen LogP contribution in [0.4, 0.5) is 0 Å². The monoisotopic (exact) mass is 406 g/mol. The lowest BCUT2D eigenvalue weighted by molar-refractivity contribution is -0.176. The van der Waals surface area contributed by atoms with Gasteiger partial charge in [-0.25, -0.2) is 12.7 Å². The molecule has 2 rings (SSSR count). The first-order chi connectivity index (χ1) is 12.2. The van der Waals surface area contributed by atoms with Crippen LogP contribution in [-0.2, 0) is 14.8 Å². The highest BCUT2D eigenvalue weighted by Crippen LogP contribution is 2.51. The van der Waals surface area contributed by atoms with Gasteiger partial charge in [-0.05, 0) is 20.3 Å². The van der Waals surface area contributed by atoms with Gasteiger partial charge in [0.05, 0.1) is 17.9 Å². The normalized spacial score (nSPS) is 29.9. The Balaban J connectivity index is 1.93. The molecule has 2 aliphatic rings. The lowest BCUT2D eigenvalue weighted by atomic mass is 9.56. The maximum atomic E-state index is 12.4. The summed E-state index contributed by atoms with van der Waals surface area (Å²) in [5.74, 6) is 2.48. The van der Waals surface area contributed by atoms with Crippen LogP contribution in [0.1, 0.15) is 34.1 Å². The maximum Gasteiger partial charge on any atom is 0.215 e. The molecular weight excluding hydrogens is 372 g/mol. The quantitative estimate of drug-likeness (QED) is 0.487. The number of aliphatic imine (C=N–C) groups is 1. The van der Waals surface area contributed by atoms with E-state index in [4.69, 9.17) is 4.74 Å². The van der Waals surface area contributed by atoms with Gasteiger partial charge in [-0.1, -0.05) is 13.8 Å². The van der Waals surface area contributed by atoms with Crippen LogP contribution in [0, 0.1) is 5.41 Å². The lowest BCUT2D eigenvalue weighted by Gasteiger charge is -2.59. The predicted octanol–water partition coefficient (Wildman–Crippen LogP) is 1.12. The van der Waals surface area contributed by atoms with Crippen LogP contribution in [0.15, 0.2) is 4.99 Å². The molecule has 0 aromatic carbocycles. The van der Waals surface area contributed by atoms with Gasteiger partial charge in [-0.2, -0.15) is 11.8 Å². The standard InChI is InChI=1S/C17H34N4O3S2/c1-6-18-15(20-14-13-17(4,24-5)16(14,2)3)19-7-12-26(22,23)21-8-10-25-11-9-21/h14H,6-13H2,1-5H3,(H2,18,19,20). The first-order valence-corrected chi connectivity index (χ1v) is 12.1. The zero-order chi connectivity index (χ0) is 19.4. The topological polar surface area (TPSA) is 83.0 Å². The molecule has 1 aliphatic heterocycles. The Morgan fingerprint density at radius 3 is 2.50 bits per heavy atom. The van der Waals surface area contributed by atoms with E-state index in [0.717, 1.165) is 24.5 Å². The molecule has 1 saturated carbocycles. The van der Waals surface area contributed by atoms with Crippen LogP contribution in [0.25, 0.3) is 0 Å². The number of thioether (sulfide) groups is 1. The number of rotatable bonds is 7. The van der Waals surface area contributed by atoms with Crippen molar-refractivity contribution in [1.82, 2.24) is 14.9 Å². The highest BCUT2D eigenvalue weighted by atomic mass is 32.2. The summed E-state index contributed by atoms with van der Waals surface area (Å²) in [7, 11) is -1.47. The molecular formula is C17H34N4O3S2. The molecule has 0 bridgehead atoms. The minimum absolute atomic E-state index is 0.0323. The number of ether oxygens (including phenoxy) is 1. The molecule has 2 fully saturated rings. The SMILES string of the molecule is CCNC(=NCCS(=O)(=O)N1CCSCC1)NC1CC(C)(OC)C1(C)C. The average Bonchev–Trinajstić information content (AvgIpc) is 2.61. The van der Waals surface area contributed by atoms with Gasteiger partial charge in [0.15, 0.2) is 5.96 Å². The summed E-state index contributed by atoms with van der Waals surface area (Å²) in [6.07, 6.45) is 0.894. The number of hydrogen-bond acceptors (Lipinski definition) is 5. The molecule has 0 spiro atoms. The molecule has 2 N–H and O–H groups in total. The fraction of sp³-hybridized carbons (Fsp3) is 0.941. The van der Waals surface area contributed by atoms with Crippen LogP contribution in [0.3, 0.4) is 0 Å². The second-order valence-electron chi connectivity index (χ2n) is 7.65. The largest absolute Gasteiger partial charge is 0.378 e. The second-order valence-corrected chi connectivity index (χ2v) is 11.0. The Hall–Kier alpha value is -0.510. The molecule has 2 atom stereocenters. The Morgan fingerprint density at radius 2 is 1.96 bits per heavy atom. The van der Waals surface area contributed by atoms with Gasteiger partial charge in [0.2, 0.25) is 10.0 Å². The first-order valence-electron chi connectivity index (χ1n) is 9.32. The van der Waals surface area contributed by atoms with E-state index < -0.39 is 10.0 Å². The summed E-state index contributed by atoms with van der Waals surface area (Å²) in [6.45, 7) is 10.7. The fourth-order valence-electron chi connectivity index (χ4n) is 3.43. The number of hydrogen-bond donors (Lipinski definition) is 2. The van der Waals surface area contributed by atoms with Crippen LogP contribution < -0.4 is 10.6 Å². The van der Waals surface area contributed by atoms with Crippen molar-refractivity contribution in [3.05, 3.63) is 0 Å². The first kappa shape index (κ1) is 21.8. The van der Waals surface area contributed by atoms with Crippen molar-refractivity contribution in [2.45, 2.75) is 45.8 Å². The minimum Gasteiger partial charge on any atom is -0.378 e. The van der Waals surface area contributed by atoms with Crippen LogP contribution >= 0.6 is 11.8 Å². The second kappa shape index (κ2) is 8.67.